The highest BCUT2D eigenvalue weighted by Crippen LogP contribution is 2.25. The lowest BCUT2D eigenvalue weighted by Crippen LogP contribution is -2.43. The summed E-state index contributed by atoms with van der Waals surface area (Å²) < 4.78 is 10.8. The normalized spacial score (nSPS) is 15.3. The number of rotatable bonds is 7. The van der Waals surface area contributed by atoms with E-state index < -0.39 is 0 Å². The standard InChI is InChI=1S/C21H27N3O3/c1-23-11-13-24(14-12-23)15-17-7-9-18(10-8-17)22-21(25)16-27-20-6-4-3-5-19(20)26-2/h3-10H,11-16H2,1-2H3,(H,22,25). The van der Waals surface area contributed by atoms with Crippen molar-refractivity contribution in [3.63, 3.8) is 0 Å². The van der Waals surface area contributed by atoms with E-state index in [1.807, 2.05) is 24.3 Å². The van der Waals surface area contributed by atoms with Crippen molar-refractivity contribution in [1.29, 1.82) is 0 Å². The average Bonchev–Trinajstić information content (AvgIpc) is 2.70. The molecule has 0 spiro atoms. The molecule has 6 nitrogen and oxygen atoms in total. The smallest absolute Gasteiger partial charge is 0.262 e. The molecule has 1 aliphatic heterocycles. The molecule has 0 bridgehead atoms. The Morgan fingerprint density at radius 1 is 1.00 bits per heavy atom. The van der Waals surface area contributed by atoms with Crippen LogP contribution in [0.15, 0.2) is 48.5 Å². The van der Waals surface area contributed by atoms with Gasteiger partial charge in [-0.25, -0.2) is 0 Å². The SMILES string of the molecule is COc1ccccc1OCC(=O)Nc1ccc(CN2CCN(C)CC2)cc1. The first-order valence-electron chi connectivity index (χ1n) is 9.19. The lowest BCUT2D eigenvalue weighted by atomic mass is 10.2. The molecule has 144 valence electrons. The Labute approximate surface area is 160 Å². The number of amides is 1. The van der Waals surface area contributed by atoms with E-state index in [-0.39, 0.29) is 12.5 Å². The molecule has 1 saturated heterocycles. The van der Waals surface area contributed by atoms with E-state index in [1.54, 1.807) is 19.2 Å². The Bertz CT molecular complexity index is 741. The summed E-state index contributed by atoms with van der Waals surface area (Å²) in [5.74, 6) is 0.962. The molecule has 1 fully saturated rings. The van der Waals surface area contributed by atoms with Gasteiger partial charge in [0.25, 0.3) is 5.91 Å². The number of nitrogens with zero attached hydrogens (tertiary/aromatic N) is 2. The summed E-state index contributed by atoms with van der Waals surface area (Å²) in [5.41, 5.74) is 2.02. The minimum absolute atomic E-state index is 0.0661. The summed E-state index contributed by atoms with van der Waals surface area (Å²) in [5, 5.41) is 2.86. The van der Waals surface area contributed by atoms with Gasteiger partial charge in [0.05, 0.1) is 7.11 Å². The zero-order valence-corrected chi connectivity index (χ0v) is 16.0. The van der Waals surface area contributed by atoms with E-state index in [1.165, 1.54) is 5.56 Å². The predicted molar refractivity (Wildman–Crippen MR) is 106 cm³/mol. The molecule has 1 heterocycles. The highest BCUT2D eigenvalue weighted by Gasteiger charge is 2.14. The number of ether oxygens (including phenoxy) is 2. The highest BCUT2D eigenvalue weighted by molar-refractivity contribution is 5.91. The zero-order valence-electron chi connectivity index (χ0n) is 16.0. The second-order valence-electron chi connectivity index (χ2n) is 6.76. The van der Waals surface area contributed by atoms with Gasteiger partial charge < -0.3 is 19.7 Å². The molecule has 2 aromatic rings. The number of benzene rings is 2. The summed E-state index contributed by atoms with van der Waals surface area (Å²) >= 11 is 0. The monoisotopic (exact) mass is 369 g/mol. The number of hydrogen-bond acceptors (Lipinski definition) is 5. The maximum Gasteiger partial charge on any atom is 0.262 e. The summed E-state index contributed by atoms with van der Waals surface area (Å²) in [6.07, 6.45) is 0. The number of hydrogen-bond donors (Lipinski definition) is 1. The topological polar surface area (TPSA) is 54.0 Å². The third-order valence-electron chi connectivity index (χ3n) is 4.67. The largest absolute Gasteiger partial charge is 0.493 e. The molecule has 1 amide bonds. The number of nitrogens with one attached hydrogen (secondary N) is 1. The second kappa shape index (κ2) is 9.39. The lowest BCUT2D eigenvalue weighted by molar-refractivity contribution is -0.118. The Morgan fingerprint density at radius 3 is 2.33 bits per heavy atom. The fourth-order valence-corrected chi connectivity index (χ4v) is 3.04. The van der Waals surface area contributed by atoms with Gasteiger partial charge >= 0.3 is 0 Å². The lowest BCUT2D eigenvalue weighted by Gasteiger charge is -2.32. The van der Waals surface area contributed by atoms with Gasteiger partial charge in [0.2, 0.25) is 0 Å². The number of likely N-dealkylation sites (N-methyl/N-ethyl adjacent to an activating group) is 1. The van der Waals surface area contributed by atoms with Gasteiger partial charge in [-0.2, -0.15) is 0 Å². The van der Waals surface area contributed by atoms with Crippen molar-refractivity contribution in [2.75, 3.05) is 52.3 Å². The van der Waals surface area contributed by atoms with Crippen molar-refractivity contribution in [3.8, 4) is 11.5 Å². The summed E-state index contributed by atoms with van der Waals surface area (Å²) in [6.45, 7) is 5.29. The van der Waals surface area contributed by atoms with Crippen LogP contribution in [0, 0.1) is 0 Å². The predicted octanol–water partition coefficient (Wildman–Crippen LogP) is 2.46. The quantitative estimate of drug-likeness (QED) is 0.813. The number of piperazine rings is 1. The molecule has 1 N–H and O–H groups in total. The van der Waals surface area contributed by atoms with Crippen molar-refractivity contribution in [2.24, 2.45) is 0 Å². The maximum absolute atomic E-state index is 12.1. The minimum Gasteiger partial charge on any atom is -0.493 e. The summed E-state index contributed by atoms with van der Waals surface area (Å²) in [6, 6.07) is 15.3. The van der Waals surface area contributed by atoms with Crippen LogP contribution in [-0.2, 0) is 11.3 Å². The molecule has 0 unspecified atom stereocenters. The zero-order chi connectivity index (χ0) is 19.1. The van der Waals surface area contributed by atoms with Crippen LogP contribution in [0.3, 0.4) is 0 Å². The minimum atomic E-state index is -0.201. The van der Waals surface area contributed by atoms with Crippen molar-refractivity contribution >= 4 is 11.6 Å². The van der Waals surface area contributed by atoms with Crippen LogP contribution in [0.2, 0.25) is 0 Å². The first-order valence-corrected chi connectivity index (χ1v) is 9.19. The van der Waals surface area contributed by atoms with E-state index >= 15 is 0 Å². The number of anilines is 1. The van der Waals surface area contributed by atoms with E-state index in [0.717, 1.165) is 38.4 Å². The van der Waals surface area contributed by atoms with Crippen molar-refractivity contribution < 1.29 is 14.3 Å². The van der Waals surface area contributed by atoms with Crippen LogP contribution in [0.25, 0.3) is 0 Å². The van der Waals surface area contributed by atoms with Gasteiger partial charge in [0.1, 0.15) is 0 Å². The first kappa shape index (κ1) is 19.2. The molecule has 0 saturated carbocycles. The molecule has 6 heteroatoms. The van der Waals surface area contributed by atoms with Crippen LogP contribution in [0.5, 0.6) is 11.5 Å². The number of para-hydroxylation sites is 2. The Balaban J connectivity index is 1.47. The van der Waals surface area contributed by atoms with Crippen LogP contribution in [0.4, 0.5) is 5.69 Å². The number of methoxy groups -OCH3 is 1. The third kappa shape index (κ3) is 5.70. The molecular weight excluding hydrogens is 342 g/mol. The number of carbonyl (C=O) groups is 1. The van der Waals surface area contributed by atoms with Gasteiger partial charge in [-0.05, 0) is 36.9 Å². The Hall–Kier alpha value is -2.57. The average molecular weight is 369 g/mol. The molecule has 2 aromatic carbocycles. The molecular formula is C21H27N3O3. The van der Waals surface area contributed by atoms with Gasteiger partial charge in [-0.1, -0.05) is 24.3 Å². The first-order chi connectivity index (χ1) is 13.1. The van der Waals surface area contributed by atoms with E-state index in [4.69, 9.17) is 9.47 Å². The van der Waals surface area contributed by atoms with Gasteiger partial charge in [0.15, 0.2) is 18.1 Å². The molecule has 1 aliphatic rings. The fraction of sp³-hybridized carbons (Fsp3) is 0.381. The maximum atomic E-state index is 12.1. The van der Waals surface area contributed by atoms with Crippen LogP contribution in [-0.4, -0.2) is 62.7 Å². The summed E-state index contributed by atoms with van der Waals surface area (Å²) in [7, 11) is 3.73. The Morgan fingerprint density at radius 2 is 1.67 bits per heavy atom. The van der Waals surface area contributed by atoms with Crippen molar-refractivity contribution in [2.45, 2.75) is 6.54 Å². The van der Waals surface area contributed by atoms with E-state index in [2.05, 4.69) is 34.3 Å². The number of carbonyl (C=O) groups excluding carboxylic acids is 1. The van der Waals surface area contributed by atoms with Gasteiger partial charge in [-0.15, -0.1) is 0 Å². The highest BCUT2D eigenvalue weighted by atomic mass is 16.5. The van der Waals surface area contributed by atoms with Crippen molar-refractivity contribution in [3.05, 3.63) is 54.1 Å². The fourth-order valence-electron chi connectivity index (χ4n) is 3.04. The molecule has 0 atom stereocenters. The van der Waals surface area contributed by atoms with E-state index in [9.17, 15) is 4.79 Å². The molecule has 3 rings (SSSR count). The van der Waals surface area contributed by atoms with Gasteiger partial charge in [-0.3, -0.25) is 9.69 Å². The van der Waals surface area contributed by atoms with E-state index in [0.29, 0.717) is 11.5 Å². The van der Waals surface area contributed by atoms with Crippen LogP contribution < -0.4 is 14.8 Å². The molecule has 0 radical (unpaired) electrons. The van der Waals surface area contributed by atoms with Crippen molar-refractivity contribution in [1.82, 2.24) is 9.80 Å². The molecule has 27 heavy (non-hydrogen) atoms. The second-order valence-corrected chi connectivity index (χ2v) is 6.76. The van der Waals surface area contributed by atoms with Gasteiger partial charge in [0, 0.05) is 38.4 Å². The molecule has 0 aliphatic carbocycles. The van der Waals surface area contributed by atoms with Crippen LogP contribution >= 0.6 is 0 Å². The Kier molecular flexibility index (Phi) is 6.68. The molecule has 0 aromatic heterocycles. The summed E-state index contributed by atoms with van der Waals surface area (Å²) in [4.78, 5) is 16.9. The third-order valence-corrected chi connectivity index (χ3v) is 4.67. The van der Waals surface area contributed by atoms with Crippen LogP contribution in [0.1, 0.15) is 5.56 Å².